The third kappa shape index (κ3) is 4.63. The Bertz CT molecular complexity index is 3050. The summed E-state index contributed by atoms with van der Waals surface area (Å²) in [6.07, 6.45) is 15.5. The third-order valence-electron chi connectivity index (χ3n) is 10.5. The fraction of sp³-hybridized carbons (Fsp3) is 0.0426. The molecule has 0 amide bonds. The molecular weight excluding hydrogens is 655 g/mol. The van der Waals surface area contributed by atoms with Gasteiger partial charge in [-0.3, -0.25) is 0 Å². The van der Waals surface area contributed by atoms with Crippen molar-refractivity contribution in [1.82, 2.24) is 15.0 Å². The molecule has 3 aromatic heterocycles. The fourth-order valence-corrected chi connectivity index (χ4v) is 9.13. The smallest absolute Gasteiger partial charge is 0.165 e. The van der Waals surface area contributed by atoms with Crippen molar-refractivity contribution in [2.75, 3.05) is 0 Å². The van der Waals surface area contributed by atoms with Gasteiger partial charge in [0.2, 0.25) is 0 Å². The zero-order valence-corrected chi connectivity index (χ0v) is 28.7. The van der Waals surface area contributed by atoms with Crippen molar-refractivity contribution in [1.29, 1.82) is 0 Å². The molecule has 3 heterocycles. The Morgan fingerprint density at radius 2 is 1.25 bits per heavy atom. The van der Waals surface area contributed by atoms with E-state index in [9.17, 15) is 0 Å². The predicted octanol–water partition coefficient (Wildman–Crippen LogP) is 12.6. The van der Waals surface area contributed by atoms with Gasteiger partial charge in [-0.15, -0.1) is 11.3 Å². The van der Waals surface area contributed by atoms with Crippen molar-refractivity contribution < 1.29 is 4.42 Å². The highest BCUT2D eigenvalue weighted by molar-refractivity contribution is 7.26. The first-order chi connectivity index (χ1) is 25.7. The molecule has 244 valence electrons. The van der Waals surface area contributed by atoms with Crippen LogP contribution in [0.1, 0.15) is 5.82 Å². The summed E-state index contributed by atoms with van der Waals surface area (Å²) in [5.41, 5.74) is 6.75. The Morgan fingerprint density at radius 3 is 2.17 bits per heavy atom. The summed E-state index contributed by atoms with van der Waals surface area (Å²) >= 11 is 1.79. The molecule has 2 aliphatic rings. The largest absolute Gasteiger partial charge is 0.455 e. The van der Waals surface area contributed by atoms with Gasteiger partial charge in [-0.2, -0.15) is 0 Å². The number of aromatic nitrogens is 3. The summed E-state index contributed by atoms with van der Waals surface area (Å²) < 4.78 is 9.14. The molecule has 0 bridgehead atoms. The summed E-state index contributed by atoms with van der Waals surface area (Å²) in [4.78, 5) is 15.7. The van der Waals surface area contributed by atoms with Crippen LogP contribution < -0.4 is 0 Å². The Balaban J connectivity index is 1.14. The molecule has 0 saturated heterocycles. The number of furan rings is 1. The van der Waals surface area contributed by atoms with Crippen LogP contribution >= 0.6 is 11.3 Å². The summed E-state index contributed by atoms with van der Waals surface area (Å²) in [5.74, 6) is 2.55. The molecule has 5 heteroatoms. The lowest BCUT2D eigenvalue weighted by Gasteiger charge is -2.22. The van der Waals surface area contributed by atoms with Gasteiger partial charge in [0.15, 0.2) is 17.5 Å². The number of hydrogen-bond acceptors (Lipinski definition) is 5. The highest BCUT2D eigenvalue weighted by Crippen LogP contribution is 2.43. The van der Waals surface area contributed by atoms with Crippen LogP contribution in [0.2, 0.25) is 0 Å². The Morgan fingerprint density at radius 1 is 0.538 bits per heavy atom. The third-order valence-corrected chi connectivity index (χ3v) is 11.7. The van der Waals surface area contributed by atoms with Crippen LogP contribution in [0.5, 0.6) is 0 Å². The Labute approximate surface area is 303 Å². The van der Waals surface area contributed by atoms with Crippen LogP contribution in [0, 0.1) is 11.8 Å². The second-order valence-corrected chi connectivity index (χ2v) is 14.6. The highest BCUT2D eigenvalue weighted by Gasteiger charge is 2.24. The molecule has 0 N–H and O–H groups in total. The molecule has 6 aromatic carbocycles. The standard InChI is InChI=1S/C47H29N3OS/c1-3-12-30-26-32(24-22-28(30)10-1)34-15-7-17-37-42-38(18-9-20-40(42)51-43(34)37)46-48-45(33-25-23-29-11-2-4-13-31(29)27-33)49-47(50-46)39-19-8-16-36-35-14-5-6-21-41(35)52-44(36)39/h1-27,29,31H. The maximum atomic E-state index is 6.72. The number of hydrogen-bond donors (Lipinski definition) is 0. The van der Waals surface area contributed by atoms with Crippen LogP contribution in [0.4, 0.5) is 0 Å². The maximum Gasteiger partial charge on any atom is 0.165 e. The van der Waals surface area contributed by atoms with E-state index in [0.29, 0.717) is 23.4 Å². The molecule has 11 rings (SSSR count). The SMILES string of the molecule is C1=CC2C=CC(c3nc(-c4cccc5c4sc4ccccc45)nc(-c4cccc5oc6c(-c7ccc8ccccc8c7)cccc6c45)n3)=CC2C=C1. The molecule has 2 unspecified atom stereocenters. The monoisotopic (exact) mass is 683 g/mol. The van der Waals surface area contributed by atoms with E-state index < -0.39 is 0 Å². The summed E-state index contributed by atoms with van der Waals surface area (Å²) in [6.45, 7) is 0. The number of nitrogens with zero attached hydrogens (tertiary/aromatic N) is 3. The van der Waals surface area contributed by atoms with Gasteiger partial charge in [-0.1, -0.05) is 140 Å². The lowest BCUT2D eigenvalue weighted by atomic mass is 9.83. The Hall–Kier alpha value is -6.43. The fourth-order valence-electron chi connectivity index (χ4n) is 7.91. The Kier molecular flexibility index (Phi) is 6.51. The molecule has 0 fully saturated rings. The quantitative estimate of drug-likeness (QED) is 0.185. The van der Waals surface area contributed by atoms with Crippen molar-refractivity contribution in [3.8, 4) is 33.9 Å². The van der Waals surface area contributed by atoms with E-state index in [1.54, 1.807) is 11.3 Å². The average molecular weight is 684 g/mol. The maximum absolute atomic E-state index is 6.72. The molecule has 2 atom stereocenters. The van der Waals surface area contributed by atoms with Crippen molar-refractivity contribution >= 4 is 69.8 Å². The van der Waals surface area contributed by atoms with Gasteiger partial charge >= 0.3 is 0 Å². The van der Waals surface area contributed by atoms with Crippen molar-refractivity contribution in [3.05, 3.63) is 170 Å². The second-order valence-electron chi connectivity index (χ2n) is 13.5. The summed E-state index contributed by atoms with van der Waals surface area (Å²) in [7, 11) is 0. The van der Waals surface area contributed by atoms with Gasteiger partial charge in [-0.25, -0.2) is 15.0 Å². The van der Waals surface area contributed by atoms with E-state index in [-0.39, 0.29) is 5.92 Å². The molecular formula is C47H29N3OS. The van der Waals surface area contributed by atoms with E-state index >= 15 is 0 Å². The molecule has 0 spiro atoms. The van der Waals surface area contributed by atoms with Gasteiger partial charge in [0.25, 0.3) is 0 Å². The molecule has 52 heavy (non-hydrogen) atoms. The average Bonchev–Trinajstić information content (AvgIpc) is 3.79. The number of rotatable bonds is 4. The normalized spacial score (nSPS) is 16.7. The minimum atomic E-state index is 0.259. The predicted molar refractivity (Wildman–Crippen MR) is 216 cm³/mol. The minimum Gasteiger partial charge on any atom is -0.455 e. The number of para-hydroxylation sites is 1. The summed E-state index contributed by atoms with van der Waals surface area (Å²) in [6, 6.07) is 42.7. The van der Waals surface area contributed by atoms with Crippen LogP contribution in [0.15, 0.2) is 168 Å². The number of allylic oxidation sites excluding steroid dienone is 8. The molecule has 0 saturated carbocycles. The van der Waals surface area contributed by atoms with E-state index in [0.717, 1.165) is 49.8 Å². The zero-order chi connectivity index (χ0) is 34.2. The lowest BCUT2D eigenvalue weighted by Crippen LogP contribution is -2.12. The van der Waals surface area contributed by atoms with E-state index in [4.69, 9.17) is 19.4 Å². The van der Waals surface area contributed by atoms with Crippen LogP contribution in [0.25, 0.3) is 92.4 Å². The van der Waals surface area contributed by atoms with E-state index in [1.165, 1.54) is 30.9 Å². The van der Waals surface area contributed by atoms with E-state index in [1.807, 2.05) is 12.1 Å². The highest BCUT2D eigenvalue weighted by atomic mass is 32.1. The first kappa shape index (κ1) is 29.3. The lowest BCUT2D eigenvalue weighted by molar-refractivity contribution is 0.662. The molecule has 0 radical (unpaired) electrons. The van der Waals surface area contributed by atoms with Crippen molar-refractivity contribution in [3.63, 3.8) is 0 Å². The van der Waals surface area contributed by atoms with Crippen LogP contribution in [-0.4, -0.2) is 15.0 Å². The zero-order valence-electron chi connectivity index (χ0n) is 27.9. The first-order valence-corrected chi connectivity index (χ1v) is 18.4. The van der Waals surface area contributed by atoms with Crippen molar-refractivity contribution in [2.45, 2.75) is 0 Å². The molecule has 2 aliphatic carbocycles. The van der Waals surface area contributed by atoms with Crippen molar-refractivity contribution in [2.24, 2.45) is 11.8 Å². The number of benzene rings is 6. The van der Waals surface area contributed by atoms with Crippen LogP contribution in [0.3, 0.4) is 0 Å². The van der Waals surface area contributed by atoms with Gasteiger partial charge in [0.05, 0.1) is 0 Å². The molecule has 0 aliphatic heterocycles. The summed E-state index contributed by atoms with van der Waals surface area (Å²) in [5, 5.41) is 6.90. The minimum absolute atomic E-state index is 0.259. The van der Waals surface area contributed by atoms with Crippen LogP contribution in [-0.2, 0) is 0 Å². The number of fused-ring (bicyclic) bond motifs is 8. The first-order valence-electron chi connectivity index (χ1n) is 17.6. The topological polar surface area (TPSA) is 51.8 Å². The molecule has 9 aromatic rings. The van der Waals surface area contributed by atoms with Gasteiger partial charge < -0.3 is 4.42 Å². The second kappa shape index (κ2) is 11.6. The van der Waals surface area contributed by atoms with Gasteiger partial charge in [0.1, 0.15) is 11.2 Å². The van der Waals surface area contributed by atoms with Gasteiger partial charge in [0, 0.05) is 65.0 Å². The van der Waals surface area contributed by atoms with E-state index in [2.05, 4.69) is 152 Å². The number of thiophene rings is 1. The van der Waals surface area contributed by atoms with Gasteiger partial charge in [-0.05, 0) is 40.6 Å². The molecule has 4 nitrogen and oxygen atoms in total.